The molecule has 0 spiro atoms. The van der Waals surface area contributed by atoms with E-state index < -0.39 is 5.97 Å². The molecule has 0 unspecified atom stereocenters. The minimum absolute atomic E-state index is 0.436. The third-order valence-electron chi connectivity index (χ3n) is 2.13. The summed E-state index contributed by atoms with van der Waals surface area (Å²) in [5.41, 5.74) is 1.97. The number of esters is 1. The van der Waals surface area contributed by atoms with Crippen LogP contribution < -0.4 is 0 Å². The van der Waals surface area contributed by atoms with Gasteiger partial charge in [0.25, 0.3) is 0 Å². The van der Waals surface area contributed by atoms with Crippen LogP contribution in [0.2, 0.25) is 0 Å². The monoisotopic (exact) mass is 198 g/mol. The summed E-state index contributed by atoms with van der Waals surface area (Å²) in [5, 5.41) is 0. The lowest BCUT2D eigenvalue weighted by Crippen LogP contribution is -2.01. The fourth-order valence-electron chi connectivity index (χ4n) is 1.43. The van der Waals surface area contributed by atoms with Crippen LogP contribution in [0.1, 0.15) is 0 Å². The van der Waals surface area contributed by atoms with Gasteiger partial charge in [-0.3, -0.25) is 0 Å². The van der Waals surface area contributed by atoms with Crippen molar-refractivity contribution < 1.29 is 9.53 Å². The van der Waals surface area contributed by atoms with Gasteiger partial charge >= 0.3 is 5.97 Å². The number of rotatable bonds is 2. The number of carbonyl (C=O) groups is 1. The van der Waals surface area contributed by atoms with Gasteiger partial charge in [-0.2, -0.15) is 0 Å². The zero-order valence-electron chi connectivity index (χ0n) is 8.14. The summed E-state index contributed by atoms with van der Waals surface area (Å²) in [6.45, 7) is 3.36. The third-order valence-corrected chi connectivity index (χ3v) is 2.13. The van der Waals surface area contributed by atoms with E-state index in [1.807, 2.05) is 36.5 Å². The smallest absolute Gasteiger partial charge is 0.335 e. The van der Waals surface area contributed by atoms with E-state index in [2.05, 4.69) is 6.58 Å². The molecular formula is C13H10O2. The first-order valence-corrected chi connectivity index (χ1v) is 4.63. The van der Waals surface area contributed by atoms with Gasteiger partial charge in [0.05, 0.1) is 0 Å². The van der Waals surface area contributed by atoms with Gasteiger partial charge < -0.3 is 4.74 Å². The molecule has 0 heterocycles. The molecule has 0 atom stereocenters. The predicted molar refractivity (Wildman–Crippen MR) is 58.8 cm³/mol. The van der Waals surface area contributed by atoms with Crippen molar-refractivity contribution in [1.29, 1.82) is 0 Å². The highest BCUT2D eigenvalue weighted by atomic mass is 16.5. The van der Waals surface area contributed by atoms with Gasteiger partial charge in [0.2, 0.25) is 0 Å². The van der Waals surface area contributed by atoms with Crippen molar-refractivity contribution in [2.75, 3.05) is 0 Å². The van der Waals surface area contributed by atoms with Crippen LogP contribution >= 0.6 is 0 Å². The number of ether oxygens (including phenoxy) is 1. The maximum atomic E-state index is 11.1. The molecule has 2 heteroatoms. The zero-order valence-corrected chi connectivity index (χ0v) is 8.14. The molecule has 2 aliphatic carbocycles. The average molecular weight is 198 g/mol. The highest BCUT2D eigenvalue weighted by Crippen LogP contribution is 2.26. The molecule has 0 aromatic carbocycles. The molecule has 0 fully saturated rings. The Bertz CT molecular complexity index is 443. The summed E-state index contributed by atoms with van der Waals surface area (Å²) in [4.78, 5) is 11.1. The van der Waals surface area contributed by atoms with Gasteiger partial charge in [-0.25, -0.2) is 4.79 Å². The predicted octanol–water partition coefficient (Wildman–Crippen LogP) is 2.59. The van der Waals surface area contributed by atoms with Crippen molar-refractivity contribution in [3.8, 4) is 0 Å². The van der Waals surface area contributed by atoms with E-state index >= 15 is 0 Å². The SMILES string of the molecule is C=CC(=O)OC1=CC=CC1=C1C=CC=C1. The highest BCUT2D eigenvalue weighted by molar-refractivity contribution is 5.83. The fourth-order valence-corrected chi connectivity index (χ4v) is 1.43. The third kappa shape index (κ3) is 1.89. The van der Waals surface area contributed by atoms with E-state index in [4.69, 9.17) is 4.74 Å². The molecule has 15 heavy (non-hydrogen) atoms. The Morgan fingerprint density at radius 3 is 2.60 bits per heavy atom. The van der Waals surface area contributed by atoms with Crippen molar-refractivity contribution in [2.45, 2.75) is 0 Å². The van der Waals surface area contributed by atoms with E-state index in [0.717, 1.165) is 17.2 Å². The molecule has 0 saturated carbocycles. The Balaban J connectivity index is 2.25. The molecule has 0 aliphatic heterocycles. The topological polar surface area (TPSA) is 26.3 Å². The first kappa shape index (κ1) is 9.46. The molecule has 0 saturated heterocycles. The van der Waals surface area contributed by atoms with Gasteiger partial charge in [-0.15, -0.1) is 0 Å². The Kier molecular flexibility index (Phi) is 2.50. The molecule has 2 nitrogen and oxygen atoms in total. The lowest BCUT2D eigenvalue weighted by molar-refractivity contribution is -0.133. The Labute approximate surface area is 88.2 Å². The van der Waals surface area contributed by atoms with Crippen LogP contribution in [0.4, 0.5) is 0 Å². The van der Waals surface area contributed by atoms with E-state index in [-0.39, 0.29) is 0 Å². The minimum Gasteiger partial charge on any atom is -0.423 e. The lowest BCUT2D eigenvalue weighted by Gasteiger charge is -2.06. The maximum absolute atomic E-state index is 11.1. The molecule has 0 aromatic rings. The van der Waals surface area contributed by atoms with E-state index in [1.54, 1.807) is 6.08 Å². The minimum atomic E-state index is -0.436. The Hall–Kier alpha value is -2.09. The van der Waals surface area contributed by atoms with Crippen LogP contribution in [0.15, 0.2) is 72.1 Å². The van der Waals surface area contributed by atoms with E-state index in [9.17, 15) is 4.79 Å². The van der Waals surface area contributed by atoms with Gasteiger partial charge in [-0.1, -0.05) is 43.0 Å². The van der Waals surface area contributed by atoms with E-state index in [0.29, 0.717) is 5.76 Å². The first-order chi connectivity index (χ1) is 7.31. The molecule has 0 aromatic heterocycles. The highest BCUT2D eigenvalue weighted by Gasteiger charge is 2.14. The molecule has 0 bridgehead atoms. The molecule has 0 radical (unpaired) electrons. The average Bonchev–Trinajstić information content (AvgIpc) is 2.86. The number of hydrogen-bond donors (Lipinski definition) is 0. The Morgan fingerprint density at radius 1 is 1.20 bits per heavy atom. The summed E-state index contributed by atoms with van der Waals surface area (Å²) in [6, 6.07) is 0. The van der Waals surface area contributed by atoms with Gasteiger partial charge in [0.1, 0.15) is 5.76 Å². The second-order valence-corrected chi connectivity index (χ2v) is 3.10. The number of carbonyl (C=O) groups excluding carboxylic acids is 1. The second-order valence-electron chi connectivity index (χ2n) is 3.10. The van der Waals surface area contributed by atoms with Crippen LogP contribution in [-0.2, 0) is 9.53 Å². The van der Waals surface area contributed by atoms with Crippen LogP contribution in [0, 0.1) is 0 Å². The molecule has 0 amide bonds. The van der Waals surface area contributed by atoms with Crippen molar-refractivity contribution in [2.24, 2.45) is 0 Å². The molecule has 2 rings (SSSR count). The van der Waals surface area contributed by atoms with Crippen molar-refractivity contribution >= 4 is 5.97 Å². The molecule has 0 N–H and O–H groups in total. The standard InChI is InChI=1S/C13H10O2/c1-2-13(14)15-12-9-5-8-11(12)10-6-3-4-7-10/h2-9H,1H2. The largest absolute Gasteiger partial charge is 0.423 e. The van der Waals surface area contributed by atoms with Crippen molar-refractivity contribution in [3.05, 3.63) is 72.1 Å². The second kappa shape index (κ2) is 3.96. The van der Waals surface area contributed by atoms with Gasteiger partial charge in [-0.05, 0) is 11.6 Å². The summed E-state index contributed by atoms with van der Waals surface area (Å²) < 4.78 is 5.10. The van der Waals surface area contributed by atoms with Crippen molar-refractivity contribution in [3.63, 3.8) is 0 Å². The van der Waals surface area contributed by atoms with Crippen LogP contribution in [0.5, 0.6) is 0 Å². The van der Waals surface area contributed by atoms with E-state index in [1.165, 1.54) is 0 Å². The lowest BCUT2D eigenvalue weighted by atomic mass is 10.1. The quantitative estimate of drug-likeness (QED) is 0.503. The number of hydrogen-bond acceptors (Lipinski definition) is 2. The summed E-state index contributed by atoms with van der Waals surface area (Å²) in [5.74, 6) is 0.139. The maximum Gasteiger partial charge on any atom is 0.335 e. The molecule has 74 valence electrons. The zero-order chi connectivity index (χ0) is 10.7. The molecular weight excluding hydrogens is 188 g/mol. The fraction of sp³-hybridized carbons (Fsp3) is 0. The van der Waals surface area contributed by atoms with Crippen LogP contribution in [0.3, 0.4) is 0 Å². The Morgan fingerprint density at radius 2 is 1.93 bits per heavy atom. The van der Waals surface area contributed by atoms with Crippen LogP contribution in [-0.4, -0.2) is 5.97 Å². The molecule has 2 aliphatic rings. The summed E-state index contributed by atoms with van der Waals surface area (Å²) in [6.07, 6.45) is 14.5. The summed E-state index contributed by atoms with van der Waals surface area (Å²) >= 11 is 0. The normalized spacial score (nSPS) is 17.2. The van der Waals surface area contributed by atoms with Crippen LogP contribution in [0.25, 0.3) is 0 Å². The van der Waals surface area contributed by atoms with Gasteiger partial charge in [0, 0.05) is 11.6 Å². The number of allylic oxidation sites excluding steroid dienone is 8. The van der Waals surface area contributed by atoms with Crippen molar-refractivity contribution in [1.82, 2.24) is 0 Å². The first-order valence-electron chi connectivity index (χ1n) is 4.63. The van der Waals surface area contributed by atoms with Gasteiger partial charge in [0.15, 0.2) is 0 Å². The summed E-state index contributed by atoms with van der Waals surface area (Å²) in [7, 11) is 0.